The number of carbonyl (C=O) groups is 3. The highest BCUT2D eigenvalue weighted by Gasteiger charge is 2.36. The summed E-state index contributed by atoms with van der Waals surface area (Å²) in [6.45, 7) is 0.560. The van der Waals surface area contributed by atoms with E-state index in [2.05, 4.69) is 11.4 Å². The maximum Gasteiger partial charge on any atom is 0.410 e. The molecule has 1 heterocycles. The van der Waals surface area contributed by atoms with E-state index in [9.17, 15) is 14.4 Å². The Balaban J connectivity index is 1.91. The lowest BCUT2D eigenvalue weighted by Crippen LogP contribution is -2.51. The molecule has 0 bridgehead atoms. The number of nitrogens with zero attached hydrogens (tertiary/aromatic N) is 2. The van der Waals surface area contributed by atoms with Gasteiger partial charge in [0.25, 0.3) is 0 Å². The normalized spacial score (nSPS) is 16.6. The number of amides is 2. The highest BCUT2D eigenvalue weighted by molar-refractivity contribution is 5.90. The van der Waals surface area contributed by atoms with Crippen LogP contribution in [0.5, 0.6) is 0 Å². The first kappa shape index (κ1) is 22.2. The summed E-state index contributed by atoms with van der Waals surface area (Å²) >= 11 is 0. The average Bonchev–Trinajstić information content (AvgIpc) is 3.24. The molecule has 2 amide bonds. The zero-order chi connectivity index (χ0) is 21.1. The minimum absolute atomic E-state index is 0.133. The van der Waals surface area contributed by atoms with Crippen molar-refractivity contribution in [3.05, 3.63) is 35.9 Å². The van der Waals surface area contributed by atoms with Crippen molar-refractivity contribution in [2.75, 3.05) is 13.7 Å². The van der Waals surface area contributed by atoms with Gasteiger partial charge < -0.3 is 14.8 Å². The van der Waals surface area contributed by atoms with Crippen LogP contribution in [0.2, 0.25) is 0 Å². The number of nitriles is 1. The number of carbonyl (C=O) groups excluding carboxylic acids is 3. The van der Waals surface area contributed by atoms with Crippen molar-refractivity contribution in [2.45, 2.75) is 57.2 Å². The van der Waals surface area contributed by atoms with Crippen LogP contribution >= 0.6 is 0 Å². The summed E-state index contributed by atoms with van der Waals surface area (Å²) in [5, 5.41) is 11.3. The topological polar surface area (TPSA) is 109 Å². The maximum absolute atomic E-state index is 12.7. The van der Waals surface area contributed by atoms with Crippen LogP contribution in [-0.4, -0.2) is 48.6 Å². The predicted octanol–water partition coefficient (Wildman–Crippen LogP) is 2.53. The van der Waals surface area contributed by atoms with Gasteiger partial charge in [0.15, 0.2) is 0 Å². The van der Waals surface area contributed by atoms with E-state index in [1.165, 1.54) is 12.0 Å². The molecule has 29 heavy (non-hydrogen) atoms. The standard InChI is InChI=1S/C21H27N3O5/c1-28-20(26)17(11-6-3-7-13-22)23-19(25)18-12-8-14-24(18)21(27)29-15-16-9-4-2-5-10-16/h2,4-5,9-10,17-18H,3,6-8,11-12,14-15H2,1H3,(H,23,25)/t17-,18+/m0/s1. The molecule has 1 aliphatic rings. The van der Waals surface area contributed by atoms with Gasteiger partial charge in [-0.05, 0) is 37.7 Å². The quantitative estimate of drug-likeness (QED) is 0.503. The Morgan fingerprint density at radius 3 is 2.72 bits per heavy atom. The van der Waals surface area contributed by atoms with E-state index in [0.717, 1.165) is 5.56 Å². The first-order valence-electron chi connectivity index (χ1n) is 9.79. The molecule has 8 nitrogen and oxygen atoms in total. The van der Waals surface area contributed by atoms with Gasteiger partial charge in [0.2, 0.25) is 5.91 Å². The van der Waals surface area contributed by atoms with E-state index in [0.29, 0.717) is 45.1 Å². The summed E-state index contributed by atoms with van der Waals surface area (Å²) in [6, 6.07) is 9.89. The smallest absolute Gasteiger partial charge is 0.410 e. The van der Waals surface area contributed by atoms with Crippen LogP contribution in [0.15, 0.2) is 30.3 Å². The monoisotopic (exact) mass is 401 g/mol. The number of benzene rings is 1. The van der Waals surface area contributed by atoms with Gasteiger partial charge in [-0.3, -0.25) is 9.69 Å². The molecule has 1 N–H and O–H groups in total. The zero-order valence-electron chi connectivity index (χ0n) is 16.6. The third-order valence-corrected chi connectivity index (χ3v) is 4.83. The van der Waals surface area contributed by atoms with Gasteiger partial charge in [-0.15, -0.1) is 0 Å². The van der Waals surface area contributed by atoms with E-state index >= 15 is 0 Å². The van der Waals surface area contributed by atoms with Crippen molar-refractivity contribution in [3.8, 4) is 6.07 Å². The number of hydrogen-bond donors (Lipinski definition) is 1. The molecular weight excluding hydrogens is 374 g/mol. The number of esters is 1. The van der Waals surface area contributed by atoms with Gasteiger partial charge in [0.05, 0.1) is 13.2 Å². The lowest BCUT2D eigenvalue weighted by Gasteiger charge is -2.25. The molecule has 0 aromatic heterocycles. The van der Waals surface area contributed by atoms with Crippen LogP contribution in [0, 0.1) is 11.3 Å². The molecule has 0 saturated carbocycles. The van der Waals surface area contributed by atoms with Crippen molar-refractivity contribution in [1.29, 1.82) is 5.26 Å². The fraction of sp³-hybridized carbons (Fsp3) is 0.524. The van der Waals surface area contributed by atoms with Crippen LogP contribution in [0.1, 0.15) is 44.1 Å². The molecular formula is C21H27N3O5. The summed E-state index contributed by atoms with van der Waals surface area (Å²) in [6.07, 6.45) is 2.67. The summed E-state index contributed by atoms with van der Waals surface area (Å²) in [4.78, 5) is 38.6. The number of hydrogen-bond acceptors (Lipinski definition) is 6. The first-order valence-corrected chi connectivity index (χ1v) is 9.79. The van der Waals surface area contributed by atoms with Crippen molar-refractivity contribution in [1.82, 2.24) is 10.2 Å². The van der Waals surface area contributed by atoms with Gasteiger partial charge in [-0.2, -0.15) is 5.26 Å². The van der Waals surface area contributed by atoms with Crippen LogP contribution in [0.25, 0.3) is 0 Å². The fourth-order valence-electron chi connectivity index (χ4n) is 3.27. The van der Waals surface area contributed by atoms with Crippen molar-refractivity contribution in [2.24, 2.45) is 0 Å². The van der Waals surface area contributed by atoms with Crippen LogP contribution in [0.4, 0.5) is 4.79 Å². The Hall–Kier alpha value is -3.08. The zero-order valence-corrected chi connectivity index (χ0v) is 16.6. The van der Waals surface area contributed by atoms with E-state index in [-0.39, 0.29) is 6.61 Å². The lowest BCUT2D eigenvalue weighted by atomic mass is 10.1. The first-order chi connectivity index (χ1) is 14.1. The maximum atomic E-state index is 12.7. The Bertz CT molecular complexity index is 732. The average molecular weight is 401 g/mol. The number of likely N-dealkylation sites (tertiary alicyclic amines) is 1. The molecule has 0 unspecified atom stereocenters. The second-order valence-corrected chi connectivity index (χ2v) is 6.88. The molecule has 1 saturated heterocycles. The number of methoxy groups -OCH3 is 1. The second-order valence-electron chi connectivity index (χ2n) is 6.88. The third kappa shape index (κ3) is 6.79. The third-order valence-electron chi connectivity index (χ3n) is 4.83. The molecule has 2 rings (SSSR count). The Kier molecular flexibility index (Phi) is 8.96. The highest BCUT2D eigenvalue weighted by atomic mass is 16.6. The van der Waals surface area contributed by atoms with Gasteiger partial charge in [0, 0.05) is 13.0 Å². The molecule has 1 fully saturated rings. The second kappa shape index (κ2) is 11.7. The van der Waals surface area contributed by atoms with E-state index in [1.807, 2.05) is 30.3 Å². The van der Waals surface area contributed by atoms with E-state index < -0.39 is 30.1 Å². The molecule has 156 valence electrons. The minimum Gasteiger partial charge on any atom is -0.467 e. The number of nitrogens with one attached hydrogen (secondary N) is 1. The summed E-state index contributed by atoms with van der Waals surface area (Å²) < 4.78 is 10.1. The van der Waals surface area contributed by atoms with Crippen LogP contribution in [0.3, 0.4) is 0 Å². The SMILES string of the molecule is COC(=O)[C@H](CCCCC#N)NC(=O)[C@H]1CCCN1C(=O)OCc1ccccc1. The molecule has 0 aliphatic carbocycles. The van der Waals surface area contributed by atoms with Gasteiger partial charge >= 0.3 is 12.1 Å². The molecule has 1 aromatic carbocycles. The van der Waals surface area contributed by atoms with Gasteiger partial charge in [-0.1, -0.05) is 30.3 Å². The van der Waals surface area contributed by atoms with Crippen molar-refractivity contribution >= 4 is 18.0 Å². The minimum atomic E-state index is -0.797. The summed E-state index contributed by atoms with van der Waals surface area (Å²) in [7, 11) is 1.26. The van der Waals surface area contributed by atoms with Crippen LogP contribution in [-0.2, 0) is 25.7 Å². The molecule has 8 heteroatoms. The molecule has 1 aliphatic heterocycles. The lowest BCUT2D eigenvalue weighted by molar-refractivity contribution is -0.145. The summed E-state index contributed by atoms with van der Waals surface area (Å²) in [5.41, 5.74) is 0.865. The van der Waals surface area contributed by atoms with Gasteiger partial charge in [0.1, 0.15) is 18.7 Å². The molecule has 0 radical (unpaired) electrons. The van der Waals surface area contributed by atoms with E-state index in [4.69, 9.17) is 14.7 Å². The predicted molar refractivity (Wildman–Crippen MR) is 104 cm³/mol. The largest absolute Gasteiger partial charge is 0.467 e. The van der Waals surface area contributed by atoms with Crippen molar-refractivity contribution < 1.29 is 23.9 Å². The number of unbranched alkanes of at least 4 members (excludes halogenated alkanes) is 2. The highest BCUT2D eigenvalue weighted by Crippen LogP contribution is 2.20. The Morgan fingerprint density at radius 2 is 2.03 bits per heavy atom. The molecule has 0 spiro atoms. The summed E-state index contributed by atoms with van der Waals surface area (Å²) in [5.74, 6) is -0.929. The number of rotatable bonds is 9. The number of ether oxygens (including phenoxy) is 2. The van der Waals surface area contributed by atoms with Gasteiger partial charge in [-0.25, -0.2) is 9.59 Å². The Morgan fingerprint density at radius 1 is 1.28 bits per heavy atom. The fourth-order valence-corrected chi connectivity index (χ4v) is 3.27. The van der Waals surface area contributed by atoms with Crippen molar-refractivity contribution in [3.63, 3.8) is 0 Å². The molecule has 2 atom stereocenters. The Labute approximate surface area is 170 Å². The molecule has 1 aromatic rings. The van der Waals surface area contributed by atoms with E-state index in [1.54, 1.807) is 0 Å². The van der Waals surface area contributed by atoms with Crippen LogP contribution < -0.4 is 5.32 Å².